The van der Waals surface area contributed by atoms with E-state index in [1.165, 1.54) is 0 Å². The smallest absolute Gasteiger partial charge is 0.196 e. The predicted octanol–water partition coefficient (Wildman–Crippen LogP) is 1.89. The molecule has 0 aliphatic carbocycles. The van der Waals surface area contributed by atoms with Gasteiger partial charge in [0, 0.05) is 17.0 Å². The van der Waals surface area contributed by atoms with Crippen LogP contribution >= 0.6 is 0 Å². The van der Waals surface area contributed by atoms with Gasteiger partial charge in [-0.1, -0.05) is 5.92 Å². The molecule has 2 N–H and O–H groups in total. The second kappa shape index (κ2) is 3.35. The lowest BCUT2D eigenvalue weighted by Crippen LogP contribution is -1.92. The molecule has 0 fully saturated rings. The van der Waals surface area contributed by atoms with E-state index in [-0.39, 0.29) is 12.5 Å². The first-order valence-electron chi connectivity index (χ1n) is 4.17. The molecule has 14 heavy (non-hydrogen) atoms. The summed E-state index contributed by atoms with van der Waals surface area (Å²) < 4.78 is 5.23. The molecule has 0 aliphatic rings. The highest BCUT2D eigenvalue weighted by molar-refractivity contribution is 5.88. The van der Waals surface area contributed by atoms with E-state index in [4.69, 9.17) is 11.2 Å². The summed E-state index contributed by atoms with van der Waals surface area (Å²) in [6.45, 7) is 0.233. The van der Waals surface area contributed by atoms with Gasteiger partial charge < -0.3 is 14.8 Å². The molecule has 1 heterocycles. The van der Waals surface area contributed by atoms with E-state index in [2.05, 4.69) is 10.9 Å². The Morgan fingerprint density at radius 2 is 2.36 bits per heavy atom. The summed E-state index contributed by atoms with van der Waals surface area (Å²) in [5.41, 5.74) is 0. The Labute approximate surface area is 81.3 Å². The number of aromatic nitrogens is 1. The number of benzene rings is 1. The molecule has 3 heteroatoms. The summed E-state index contributed by atoms with van der Waals surface area (Å²) in [7, 11) is 0. The number of aromatic hydroxyl groups is 1. The Balaban J connectivity index is 2.40. The Bertz CT molecular complexity index is 493. The van der Waals surface area contributed by atoms with E-state index in [1.807, 2.05) is 12.1 Å². The van der Waals surface area contributed by atoms with Gasteiger partial charge >= 0.3 is 0 Å². The lowest BCUT2D eigenvalue weighted by Gasteiger charge is -2.01. The molecule has 0 atom stereocenters. The van der Waals surface area contributed by atoms with Crippen molar-refractivity contribution in [3.05, 3.63) is 24.4 Å². The summed E-state index contributed by atoms with van der Waals surface area (Å²) in [6, 6.07) is 5.42. The molecule has 2 rings (SSSR count). The molecule has 1 aromatic heterocycles. The van der Waals surface area contributed by atoms with Crippen molar-refractivity contribution in [1.29, 1.82) is 0 Å². The number of rotatable bonds is 2. The number of H-pyrrole nitrogens is 1. The second-order valence-corrected chi connectivity index (χ2v) is 2.88. The second-order valence-electron chi connectivity index (χ2n) is 2.88. The Morgan fingerprint density at radius 1 is 1.50 bits per heavy atom. The first kappa shape index (κ1) is 8.52. The summed E-state index contributed by atoms with van der Waals surface area (Å²) in [4.78, 5) is 2.72. The predicted molar refractivity (Wildman–Crippen MR) is 54.3 cm³/mol. The average molecular weight is 187 g/mol. The van der Waals surface area contributed by atoms with Crippen LogP contribution in [0.15, 0.2) is 24.4 Å². The Morgan fingerprint density at radius 3 is 3.14 bits per heavy atom. The van der Waals surface area contributed by atoms with Crippen molar-refractivity contribution in [2.24, 2.45) is 0 Å². The van der Waals surface area contributed by atoms with Gasteiger partial charge in [-0.25, -0.2) is 0 Å². The van der Waals surface area contributed by atoms with Crippen LogP contribution in [0.2, 0.25) is 0 Å². The van der Waals surface area contributed by atoms with Crippen molar-refractivity contribution < 1.29 is 9.84 Å². The van der Waals surface area contributed by atoms with Gasteiger partial charge in [-0.2, -0.15) is 0 Å². The van der Waals surface area contributed by atoms with E-state index >= 15 is 0 Å². The van der Waals surface area contributed by atoms with Crippen LogP contribution < -0.4 is 4.74 Å². The topological polar surface area (TPSA) is 45.2 Å². The summed E-state index contributed by atoms with van der Waals surface area (Å²) in [5, 5.41) is 11.1. The normalized spacial score (nSPS) is 9.93. The van der Waals surface area contributed by atoms with E-state index in [1.54, 1.807) is 12.3 Å². The highest BCUT2D eigenvalue weighted by Gasteiger charge is 2.02. The van der Waals surface area contributed by atoms with Crippen molar-refractivity contribution in [1.82, 2.24) is 4.98 Å². The standard InChI is InChI=1S/C11H9NO2/c1-2-5-14-9-4-3-8-7-12-11(13)10(8)6-9/h1,3-4,6-7,12-13H,5H2. The first-order chi connectivity index (χ1) is 6.81. The first-order valence-corrected chi connectivity index (χ1v) is 4.17. The summed E-state index contributed by atoms with van der Waals surface area (Å²) in [5.74, 6) is 3.18. The molecule has 0 saturated carbocycles. The third-order valence-corrected chi connectivity index (χ3v) is 1.97. The third kappa shape index (κ3) is 1.38. The average Bonchev–Trinajstić information content (AvgIpc) is 2.57. The molecule has 0 spiro atoms. The van der Waals surface area contributed by atoms with Gasteiger partial charge in [0.15, 0.2) is 5.88 Å². The minimum atomic E-state index is 0.145. The monoisotopic (exact) mass is 187 g/mol. The van der Waals surface area contributed by atoms with Gasteiger partial charge in [0.2, 0.25) is 0 Å². The fourth-order valence-electron chi connectivity index (χ4n) is 1.30. The molecule has 0 unspecified atom stereocenters. The van der Waals surface area contributed by atoms with Gasteiger partial charge in [-0.05, 0) is 18.2 Å². The number of aromatic amines is 1. The number of fused-ring (bicyclic) bond motifs is 1. The molecular weight excluding hydrogens is 178 g/mol. The molecule has 2 aromatic rings. The van der Waals surface area contributed by atoms with Crippen molar-refractivity contribution in [3.8, 4) is 24.0 Å². The summed E-state index contributed by atoms with van der Waals surface area (Å²) in [6.07, 6.45) is 6.80. The van der Waals surface area contributed by atoms with Gasteiger partial charge in [-0.15, -0.1) is 6.42 Å². The third-order valence-electron chi connectivity index (χ3n) is 1.97. The zero-order valence-electron chi connectivity index (χ0n) is 7.45. The zero-order valence-corrected chi connectivity index (χ0v) is 7.45. The number of hydrogen-bond acceptors (Lipinski definition) is 2. The van der Waals surface area contributed by atoms with Crippen LogP contribution in [0, 0.1) is 12.3 Å². The van der Waals surface area contributed by atoms with E-state index in [0.29, 0.717) is 5.75 Å². The van der Waals surface area contributed by atoms with Crippen molar-refractivity contribution >= 4 is 10.8 Å². The lowest BCUT2D eigenvalue weighted by atomic mass is 10.2. The van der Waals surface area contributed by atoms with Gasteiger partial charge in [0.1, 0.15) is 12.4 Å². The van der Waals surface area contributed by atoms with Crippen LogP contribution in [0.5, 0.6) is 11.6 Å². The molecule has 3 nitrogen and oxygen atoms in total. The molecule has 70 valence electrons. The number of terminal acetylenes is 1. The molecule has 0 radical (unpaired) electrons. The maximum absolute atomic E-state index is 9.41. The van der Waals surface area contributed by atoms with Crippen LogP contribution in [-0.4, -0.2) is 16.7 Å². The maximum Gasteiger partial charge on any atom is 0.196 e. The Hall–Kier alpha value is -2.08. The largest absolute Gasteiger partial charge is 0.494 e. The van der Waals surface area contributed by atoms with Crippen LogP contribution in [0.25, 0.3) is 10.8 Å². The number of nitrogens with one attached hydrogen (secondary N) is 1. The van der Waals surface area contributed by atoms with Gasteiger partial charge in [0.05, 0.1) is 0 Å². The van der Waals surface area contributed by atoms with E-state index in [9.17, 15) is 5.11 Å². The Kier molecular flexibility index (Phi) is 2.04. The number of hydrogen-bond donors (Lipinski definition) is 2. The SMILES string of the molecule is C#CCOc1ccc2c[nH]c(O)c2c1. The molecule has 0 bridgehead atoms. The quantitative estimate of drug-likeness (QED) is 0.705. The van der Waals surface area contributed by atoms with Gasteiger partial charge in [0.25, 0.3) is 0 Å². The molecule has 0 aliphatic heterocycles. The maximum atomic E-state index is 9.41. The minimum absolute atomic E-state index is 0.145. The fraction of sp³-hybridized carbons (Fsp3) is 0.0909. The van der Waals surface area contributed by atoms with Gasteiger partial charge in [-0.3, -0.25) is 0 Å². The van der Waals surface area contributed by atoms with Crippen LogP contribution in [0.4, 0.5) is 0 Å². The van der Waals surface area contributed by atoms with Crippen LogP contribution in [-0.2, 0) is 0 Å². The minimum Gasteiger partial charge on any atom is -0.494 e. The molecule has 0 amide bonds. The highest BCUT2D eigenvalue weighted by atomic mass is 16.5. The zero-order chi connectivity index (χ0) is 9.97. The van der Waals surface area contributed by atoms with Crippen molar-refractivity contribution in [2.75, 3.05) is 6.61 Å². The van der Waals surface area contributed by atoms with Crippen LogP contribution in [0.1, 0.15) is 0 Å². The van der Waals surface area contributed by atoms with E-state index in [0.717, 1.165) is 10.8 Å². The highest BCUT2D eigenvalue weighted by Crippen LogP contribution is 2.27. The lowest BCUT2D eigenvalue weighted by molar-refractivity contribution is 0.370. The summed E-state index contributed by atoms with van der Waals surface area (Å²) >= 11 is 0. The fourth-order valence-corrected chi connectivity index (χ4v) is 1.30. The molecule has 1 aromatic carbocycles. The molecule has 0 saturated heterocycles. The number of ether oxygens (including phenoxy) is 1. The van der Waals surface area contributed by atoms with E-state index < -0.39 is 0 Å². The van der Waals surface area contributed by atoms with Crippen molar-refractivity contribution in [3.63, 3.8) is 0 Å². The van der Waals surface area contributed by atoms with Crippen LogP contribution in [0.3, 0.4) is 0 Å². The molecular formula is C11H9NO2. The van der Waals surface area contributed by atoms with Crippen molar-refractivity contribution in [2.45, 2.75) is 0 Å².